The standard InChI is InChI=1S/C26H21N3O2/c1-26(2,16-27)18-11-8-12-19(15-18)28-25(31)24(30)22-20-13-6-7-14-21(20)29-23(22)17-9-4-3-5-10-17/h3-15,29H,1-2H3,(H,28,31). The number of nitriles is 1. The second kappa shape index (κ2) is 7.92. The molecule has 0 spiro atoms. The molecule has 1 heterocycles. The van der Waals surface area contributed by atoms with Crippen molar-refractivity contribution < 1.29 is 9.59 Å². The van der Waals surface area contributed by atoms with Crippen LogP contribution in [0.3, 0.4) is 0 Å². The van der Waals surface area contributed by atoms with E-state index in [1.54, 1.807) is 32.0 Å². The number of hydrogen-bond donors (Lipinski definition) is 2. The zero-order valence-electron chi connectivity index (χ0n) is 17.3. The van der Waals surface area contributed by atoms with Crippen molar-refractivity contribution in [2.75, 3.05) is 5.32 Å². The van der Waals surface area contributed by atoms with Gasteiger partial charge >= 0.3 is 0 Å². The second-order valence-corrected chi connectivity index (χ2v) is 7.89. The lowest BCUT2D eigenvalue weighted by molar-refractivity contribution is -0.112. The molecule has 0 saturated carbocycles. The fraction of sp³-hybridized carbons (Fsp3) is 0.115. The molecule has 2 N–H and O–H groups in total. The van der Waals surface area contributed by atoms with E-state index in [1.165, 1.54) is 0 Å². The maximum absolute atomic E-state index is 13.3. The maximum Gasteiger partial charge on any atom is 0.296 e. The summed E-state index contributed by atoms with van der Waals surface area (Å²) >= 11 is 0. The first-order chi connectivity index (χ1) is 14.9. The van der Waals surface area contributed by atoms with E-state index >= 15 is 0 Å². The van der Waals surface area contributed by atoms with Crippen LogP contribution in [0.2, 0.25) is 0 Å². The van der Waals surface area contributed by atoms with Gasteiger partial charge in [-0.15, -0.1) is 0 Å². The van der Waals surface area contributed by atoms with Crippen LogP contribution < -0.4 is 5.32 Å². The number of rotatable bonds is 5. The number of aromatic nitrogens is 1. The Morgan fingerprint density at radius 2 is 1.65 bits per heavy atom. The largest absolute Gasteiger partial charge is 0.354 e. The zero-order chi connectivity index (χ0) is 22.0. The van der Waals surface area contributed by atoms with E-state index in [2.05, 4.69) is 16.4 Å². The molecule has 0 atom stereocenters. The smallest absolute Gasteiger partial charge is 0.296 e. The van der Waals surface area contributed by atoms with Crippen molar-refractivity contribution in [1.29, 1.82) is 5.26 Å². The van der Waals surface area contributed by atoms with Crippen molar-refractivity contribution in [2.24, 2.45) is 0 Å². The van der Waals surface area contributed by atoms with Crippen molar-refractivity contribution >= 4 is 28.3 Å². The Hall–Kier alpha value is -4.17. The first kappa shape index (κ1) is 20.1. The molecule has 0 aliphatic heterocycles. The third kappa shape index (κ3) is 3.84. The molecule has 0 radical (unpaired) electrons. The topological polar surface area (TPSA) is 85.8 Å². The molecule has 0 saturated heterocycles. The number of amides is 1. The number of fused-ring (bicyclic) bond motifs is 1. The summed E-state index contributed by atoms with van der Waals surface area (Å²) in [4.78, 5) is 29.5. The number of aromatic amines is 1. The lowest BCUT2D eigenvalue weighted by Crippen LogP contribution is -2.23. The third-order valence-corrected chi connectivity index (χ3v) is 5.32. The van der Waals surface area contributed by atoms with Crippen LogP contribution in [-0.4, -0.2) is 16.7 Å². The number of carbonyl (C=O) groups is 2. The van der Waals surface area contributed by atoms with Crippen LogP contribution in [0, 0.1) is 11.3 Å². The van der Waals surface area contributed by atoms with Gasteiger partial charge in [0.05, 0.1) is 22.7 Å². The average Bonchev–Trinajstić information content (AvgIpc) is 3.19. The minimum Gasteiger partial charge on any atom is -0.354 e. The molecule has 5 nitrogen and oxygen atoms in total. The number of ketones is 1. The fourth-order valence-corrected chi connectivity index (χ4v) is 3.55. The molecule has 1 aromatic heterocycles. The van der Waals surface area contributed by atoms with E-state index < -0.39 is 17.1 Å². The van der Waals surface area contributed by atoms with Gasteiger partial charge in [-0.2, -0.15) is 5.26 Å². The van der Waals surface area contributed by atoms with Crippen LogP contribution in [0.25, 0.3) is 22.2 Å². The van der Waals surface area contributed by atoms with E-state index in [-0.39, 0.29) is 0 Å². The van der Waals surface area contributed by atoms with Crippen molar-refractivity contribution in [3.05, 3.63) is 90.0 Å². The quantitative estimate of drug-likeness (QED) is 0.340. The van der Waals surface area contributed by atoms with Gasteiger partial charge in [0, 0.05) is 16.6 Å². The van der Waals surface area contributed by atoms with E-state index in [4.69, 9.17) is 0 Å². The number of carbonyl (C=O) groups excluding carboxylic acids is 2. The minimum atomic E-state index is -0.728. The summed E-state index contributed by atoms with van der Waals surface area (Å²) in [7, 11) is 0. The highest BCUT2D eigenvalue weighted by molar-refractivity contribution is 6.49. The Bertz CT molecular complexity index is 1330. The summed E-state index contributed by atoms with van der Waals surface area (Å²) in [5.41, 5.74) is 3.09. The van der Waals surface area contributed by atoms with Crippen molar-refractivity contribution in [2.45, 2.75) is 19.3 Å². The SMILES string of the molecule is CC(C)(C#N)c1cccc(NC(=O)C(=O)c2c(-c3ccccc3)[nH]c3ccccc23)c1. The molecular formula is C26H21N3O2. The Morgan fingerprint density at radius 1 is 0.935 bits per heavy atom. The van der Waals surface area contributed by atoms with Crippen LogP contribution in [0.15, 0.2) is 78.9 Å². The predicted molar refractivity (Wildman–Crippen MR) is 122 cm³/mol. The van der Waals surface area contributed by atoms with E-state index in [0.29, 0.717) is 22.3 Å². The third-order valence-electron chi connectivity index (χ3n) is 5.32. The van der Waals surface area contributed by atoms with Gasteiger partial charge in [0.25, 0.3) is 11.7 Å². The first-order valence-corrected chi connectivity index (χ1v) is 9.94. The van der Waals surface area contributed by atoms with Gasteiger partial charge in [0.2, 0.25) is 0 Å². The van der Waals surface area contributed by atoms with Crippen LogP contribution >= 0.6 is 0 Å². The summed E-state index contributed by atoms with van der Waals surface area (Å²) < 4.78 is 0. The Labute approximate surface area is 180 Å². The molecule has 4 rings (SSSR count). The molecule has 0 fully saturated rings. The molecule has 31 heavy (non-hydrogen) atoms. The molecule has 5 heteroatoms. The number of Topliss-reactive ketones (excluding diaryl/α,β-unsaturated/α-hetero) is 1. The van der Waals surface area contributed by atoms with Gasteiger partial charge in [-0.05, 0) is 43.2 Å². The molecule has 1 amide bonds. The Balaban J connectivity index is 1.72. The highest BCUT2D eigenvalue weighted by atomic mass is 16.2. The van der Waals surface area contributed by atoms with Gasteiger partial charge in [-0.3, -0.25) is 9.59 Å². The molecule has 0 bridgehead atoms. The van der Waals surface area contributed by atoms with Crippen molar-refractivity contribution in [1.82, 2.24) is 4.98 Å². The van der Waals surface area contributed by atoms with Crippen LogP contribution in [-0.2, 0) is 10.2 Å². The summed E-state index contributed by atoms with van der Waals surface area (Å²) in [5, 5.41) is 12.8. The highest BCUT2D eigenvalue weighted by Crippen LogP contribution is 2.31. The van der Waals surface area contributed by atoms with Gasteiger partial charge in [0.1, 0.15) is 0 Å². The highest BCUT2D eigenvalue weighted by Gasteiger charge is 2.26. The van der Waals surface area contributed by atoms with Crippen molar-refractivity contribution in [3.63, 3.8) is 0 Å². The number of nitrogens with zero attached hydrogens (tertiary/aromatic N) is 1. The molecule has 0 unspecified atom stereocenters. The van der Waals surface area contributed by atoms with Crippen LogP contribution in [0.5, 0.6) is 0 Å². The Morgan fingerprint density at radius 3 is 2.39 bits per heavy atom. The normalized spacial score (nSPS) is 11.1. The van der Waals surface area contributed by atoms with Gasteiger partial charge < -0.3 is 10.3 Å². The predicted octanol–water partition coefficient (Wildman–Crippen LogP) is 5.46. The fourth-order valence-electron chi connectivity index (χ4n) is 3.55. The second-order valence-electron chi connectivity index (χ2n) is 7.89. The number of hydrogen-bond acceptors (Lipinski definition) is 3. The summed E-state index contributed by atoms with van der Waals surface area (Å²) in [6.45, 7) is 3.61. The van der Waals surface area contributed by atoms with Gasteiger partial charge in [0.15, 0.2) is 0 Å². The summed E-state index contributed by atoms with van der Waals surface area (Å²) in [6.07, 6.45) is 0. The van der Waals surface area contributed by atoms with E-state index in [0.717, 1.165) is 16.6 Å². The summed E-state index contributed by atoms with van der Waals surface area (Å²) in [6, 6.07) is 26.1. The monoisotopic (exact) mass is 407 g/mol. The first-order valence-electron chi connectivity index (χ1n) is 9.94. The number of nitrogens with one attached hydrogen (secondary N) is 2. The van der Waals surface area contributed by atoms with Gasteiger partial charge in [-0.25, -0.2) is 0 Å². The maximum atomic E-state index is 13.3. The molecular weight excluding hydrogens is 386 g/mol. The zero-order valence-corrected chi connectivity index (χ0v) is 17.3. The Kier molecular flexibility index (Phi) is 5.14. The lowest BCUT2D eigenvalue weighted by atomic mass is 9.86. The van der Waals surface area contributed by atoms with Crippen molar-refractivity contribution in [3.8, 4) is 17.3 Å². The number of benzene rings is 3. The molecule has 4 aromatic rings. The lowest BCUT2D eigenvalue weighted by Gasteiger charge is -2.16. The molecule has 152 valence electrons. The summed E-state index contributed by atoms with van der Waals surface area (Å²) in [5.74, 6) is -1.35. The average molecular weight is 407 g/mol. The number of H-pyrrole nitrogens is 1. The number of para-hydroxylation sites is 1. The molecule has 3 aromatic carbocycles. The van der Waals surface area contributed by atoms with Crippen LogP contribution in [0.4, 0.5) is 5.69 Å². The molecule has 0 aliphatic carbocycles. The van der Waals surface area contributed by atoms with Crippen LogP contribution in [0.1, 0.15) is 29.8 Å². The van der Waals surface area contributed by atoms with Gasteiger partial charge in [-0.1, -0.05) is 60.7 Å². The van der Waals surface area contributed by atoms with E-state index in [1.807, 2.05) is 60.7 Å². The van der Waals surface area contributed by atoms with E-state index in [9.17, 15) is 14.9 Å². The minimum absolute atomic E-state index is 0.341. The number of anilines is 1. The molecule has 0 aliphatic rings.